The summed E-state index contributed by atoms with van der Waals surface area (Å²) >= 11 is 0. The van der Waals surface area contributed by atoms with E-state index in [0.29, 0.717) is 18.9 Å². The summed E-state index contributed by atoms with van der Waals surface area (Å²) in [5.41, 5.74) is 2.15. The van der Waals surface area contributed by atoms with Gasteiger partial charge in [-0.15, -0.1) is 0 Å². The molecule has 3 aromatic carbocycles. The van der Waals surface area contributed by atoms with Crippen LogP contribution in [0.4, 0.5) is 5.69 Å². The number of amides is 2. The molecule has 0 bridgehead atoms. The lowest BCUT2D eigenvalue weighted by Crippen LogP contribution is -2.51. The third kappa shape index (κ3) is 7.85. The summed E-state index contributed by atoms with van der Waals surface area (Å²) in [5.74, 6) is -0.460. The maximum absolute atomic E-state index is 14.0. The molecule has 0 aromatic heterocycles. The van der Waals surface area contributed by atoms with E-state index >= 15 is 0 Å². The minimum Gasteiger partial charge on any atom is -0.492 e. The lowest BCUT2D eigenvalue weighted by molar-refractivity contribution is -0.139. The van der Waals surface area contributed by atoms with E-state index in [1.807, 2.05) is 38.1 Å². The Morgan fingerprint density at radius 1 is 0.925 bits per heavy atom. The van der Waals surface area contributed by atoms with Crippen molar-refractivity contribution in [3.8, 4) is 5.75 Å². The van der Waals surface area contributed by atoms with Crippen molar-refractivity contribution in [3.05, 3.63) is 90.0 Å². The second-order valence-electron chi connectivity index (χ2n) is 9.55. The molecule has 0 aliphatic rings. The van der Waals surface area contributed by atoms with Gasteiger partial charge in [-0.25, -0.2) is 8.42 Å². The number of nitrogens with one attached hydrogen (secondary N) is 1. The van der Waals surface area contributed by atoms with Gasteiger partial charge in [-0.05, 0) is 57.0 Å². The van der Waals surface area contributed by atoms with Crippen LogP contribution in [0.2, 0.25) is 0 Å². The average Bonchev–Trinajstić information content (AvgIpc) is 2.96. The van der Waals surface area contributed by atoms with Gasteiger partial charge in [0.1, 0.15) is 18.3 Å². The number of anilines is 1. The first-order valence-electron chi connectivity index (χ1n) is 13.6. The Morgan fingerprint density at radius 3 is 2.23 bits per heavy atom. The third-order valence-electron chi connectivity index (χ3n) is 6.51. The normalized spacial score (nSPS) is 11.9. The van der Waals surface area contributed by atoms with E-state index in [-0.39, 0.29) is 23.0 Å². The smallest absolute Gasteiger partial charge is 0.264 e. The molecular weight excluding hydrogens is 526 g/mol. The first kappa shape index (κ1) is 30.7. The molecule has 0 spiro atoms. The van der Waals surface area contributed by atoms with Crippen molar-refractivity contribution in [1.82, 2.24) is 10.2 Å². The first-order valence-corrected chi connectivity index (χ1v) is 15.0. The molecule has 1 N–H and O–H groups in total. The van der Waals surface area contributed by atoms with E-state index in [2.05, 4.69) is 5.32 Å². The number of hydrogen-bond acceptors (Lipinski definition) is 5. The van der Waals surface area contributed by atoms with Gasteiger partial charge in [0.25, 0.3) is 10.0 Å². The number of ether oxygens (including phenoxy) is 1. The second-order valence-corrected chi connectivity index (χ2v) is 11.4. The van der Waals surface area contributed by atoms with Crippen molar-refractivity contribution in [1.29, 1.82) is 0 Å². The van der Waals surface area contributed by atoms with Crippen molar-refractivity contribution in [2.75, 3.05) is 24.0 Å². The summed E-state index contributed by atoms with van der Waals surface area (Å²) in [6.45, 7) is 7.93. The zero-order chi connectivity index (χ0) is 29.1. The molecule has 1 unspecified atom stereocenters. The van der Waals surface area contributed by atoms with Gasteiger partial charge in [0.2, 0.25) is 11.8 Å². The van der Waals surface area contributed by atoms with E-state index < -0.39 is 28.5 Å². The number of nitrogens with zero attached hydrogens (tertiary/aromatic N) is 2. The summed E-state index contributed by atoms with van der Waals surface area (Å²) < 4.78 is 34.7. The number of hydrogen-bond donors (Lipinski definition) is 1. The Labute approximate surface area is 238 Å². The second kappa shape index (κ2) is 14.5. The monoisotopic (exact) mass is 565 g/mol. The van der Waals surface area contributed by atoms with Crippen molar-refractivity contribution in [2.45, 2.75) is 58.0 Å². The van der Waals surface area contributed by atoms with E-state index in [4.69, 9.17) is 4.74 Å². The number of rotatable bonds is 14. The van der Waals surface area contributed by atoms with Crippen molar-refractivity contribution in [2.24, 2.45) is 0 Å². The van der Waals surface area contributed by atoms with Crippen LogP contribution in [0.25, 0.3) is 0 Å². The fraction of sp³-hybridized carbons (Fsp3) is 0.355. The molecule has 3 aromatic rings. The number of carbonyl (C=O) groups excluding carboxylic acids is 2. The highest BCUT2D eigenvalue weighted by Gasteiger charge is 2.33. The van der Waals surface area contributed by atoms with Crippen LogP contribution < -0.4 is 14.4 Å². The summed E-state index contributed by atoms with van der Waals surface area (Å²) in [5, 5.41) is 2.90. The van der Waals surface area contributed by atoms with Crippen LogP contribution in [0.15, 0.2) is 83.8 Å². The van der Waals surface area contributed by atoms with Crippen LogP contribution in [0.5, 0.6) is 5.75 Å². The Balaban J connectivity index is 2.03. The maximum Gasteiger partial charge on any atom is 0.264 e. The van der Waals surface area contributed by atoms with Crippen LogP contribution >= 0.6 is 0 Å². The fourth-order valence-corrected chi connectivity index (χ4v) is 5.63. The highest BCUT2D eigenvalue weighted by Crippen LogP contribution is 2.32. The minimum absolute atomic E-state index is 0.0459. The van der Waals surface area contributed by atoms with Crippen LogP contribution in [-0.4, -0.2) is 50.9 Å². The molecule has 3 rings (SSSR count). The molecule has 0 aliphatic carbocycles. The predicted octanol–water partition coefficient (Wildman–Crippen LogP) is 4.92. The summed E-state index contributed by atoms with van der Waals surface area (Å²) in [6.07, 6.45) is 1.74. The number of para-hydroxylation sites is 2. The molecule has 0 fully saturated rings. The predicted molar refractivity (Wildman–Crippen MR) is 158 cm³/mol. The molecule has 8 nitrogen and oxygen atoms in total. The van der Waals surface area contributed by atoms with Gasteiger partial charge in [-0.1, -0.05) is 73.5 Å². The van der Waals surface area contributed by atoms with Gasteiger partial charge in [0.05, 0.1) is 17.2 Å². The van der Waals surface area contributed by atoms with Crippen molar-refractivity contribution < 1.29 is 22.7 Å². The largest absolute Gasteiger partial charge is 0.492 e. The molecule has 0 saturated carbocycles. The third-order valence-corrected chi connectivity index (χ3v) is 8.29. The van der Waals surface area contributed by atoms with E-state index in [1.54, 1.807) is 56.3 Å². The lowest BCUT2D eigenvalue weighted by Gasteiger charge is -2.32. The Morgan fingerprint density at radius 2 is 1.57 bits per heavy atom. The van der Waals surface area contributed by atoms with Crippen LogP contribution in [-0.2, 0) is 26.2 Å². The number of aryl methyl sites for hydroxylation is 1. The standard InChI is InChI=1S/C31H39N3O5S/c1-5-7-21-32-31(36)25(4)33(22-26-19-17-24(3)18-20-26)30(35)23-34(28-15-11-12-16-29(28)39-6-2)40(37,38)27-13-9-8-10-14-27/h8-20,25H,5-7,21-23H2,1-4H3,(H,32,36). The molecule has 0 heterocycles. The SMILES string of the molecule is CCCCNC(=O)C(C)N(Cc1ccc(C)cc1)C(=O)CN(c1ccccc1OCC)S(=O)(=O)c1ccccc1. The van der Waals surface area contributed by atoms with E-state index in [1.165, 1.54) is 17.0 Å². The number of carbonyl (C=O) groups is 2. The zero-order valence-corrected chi connectivity index (χ0v) is 24.5. The molecular formula is C31H39N3O5S. The molecule has 40 heavy (non-hydrogen) atoms. The quantitative estimate of drug-likeness (QED) is 0.280. The van der Waals surface area contributed by atoms with Gasteiger partial charge >= 0.3 is 0 Å². The van der Waals surface area contributed by atoms with E-state index in [9.17, 15) is 18.0 Å². The Hall–Kier alpha value is -3.85. The Bertz CT molecular complexity index is 1360. The molecule has 9 heteroatoms. The Kier molecular flexibility index (Phi) is 11.1. The van der Waals surface area contributed by atoms with Crippen LogP contribution in [0, 0.1) is 6.92 Å². The number of benzene rings is 3. The van der Waals surface area contributed by atoms with Crippen LogP contribution in [0.3, 0.4) is 0 Å². The molecule has 1 atom stereocenters. The molecule has 2 amide bonds. The number of sulfonamides is 1. The highest BCUT2D eigenvalue weighted by molar-refractivity contribution is 7.92. The molecule has 0 saturated heterocycles. The van der Waals surface area contributed by atoms with Crippen molar-refractivity contribution >= 4 is 27.5 Å². The topological polar surface area (TPSA) is 96.0 Å². The minimum atomic E-state index is -4.16. The van der Waals surface area contributed by atoms with E-state index in [0.717, 1.165) is 28.3 Å². The van der Waals surface area contributed by atoms with Gasteiger partial charge in [-0.3, -0.25) is 13.9 Å². The summed E-state index contributed by atoms with van der Waals surface area (Å²) in [6, 6.07) is 21.6. The lowest BCUT2D eigenvalue weighted by atomic mass is 10.1. The molecule has 214 valence electrons. The number of unbranched alkanes of at least 4 members (excludes halogenated alkanes) is 1. The van der Waals surface area contributed by atoms with Gasteiger partial charge in [0.15, 0.2) is 0 Å². The maximum atomic E-state index is 14.0. The highest BCUT2D eigenvalue weighted by atomic mass is 32.2. The molecule has 0 radical (unpaired) electrons. The van der Waals surface area contributed by atoms with Gasteiger partial charge in [-0.2, -0.15) is 0 Å². The van der Waals surface area contributed by atoms with Crippen molar-refractivity contribution in [3.63, 3.8) is 0 Å². The summed E-state index contributed by atoms with van der Waals surface area (Å²) in [4.78, 5) is 28.6. The summed E-state index contributed by atoms with van der Waals surface area (Å²) in [7, 11) is -4.16. The fourth-order valence-electron chi connectivity index (χ4n) is 4.18. The first-order chi connectivity index (χ1) is 19.2. The molecule has 0 aliphatic heterocycles. The van der Waals surface area contributed by atoms with Crippen LogP contribution in [0.1, 0.15) is 44.7 Å². The van der Waals surface area contributed by atoms with Gasteiger partial charge in [0, 0.05) is 13.1 Å². The zero-order valence-electron chi connectivity index (χ0n) is 23.7. The average molecular weight is 566 g/mol. The van der Waals surface area contributed by atoms with Gasteiger partial charge < -0.3 is 15.0 Å².